The third-order valence-corrected chi connectivity index (χ3v) is 3.23. The molecule has 0 heterocycles. The summed E-state index contributed by atoms with van der Waals surface area (Å²) in [6.45, 7) is 0. The standard InChI is InChI=1S/C8H15Cl3O3S/c9-8(10,11)6-4-2-1-3-5-7-15(12,13)14/h1-7H2,(H,12,13,14). The van der Waals surface area contributed by atoms with Crippen LogP contribution in [0.15, 0.2) is 0 Å². The molecule has 0 saturated carbocycles. The Labute approximate surface area is 106 Å². The first-order valence-electron chi connectivity index (χ1n) is 4.73. The summed E-state index contributed by atoms with van der Waals surface area (Å²) in [5.74, 6) is -0.169. The minimum atomic E-state index is -3.80. The number of unbranched alkanes of at least 4 members (excludes halogenated alkanes) is 4. The Bertz CT molecular complexity index is 259. The monoisotopic (exact) mass is 296 g/mol. The summed E-state index contributed by atoms with van der Waals surface area (Å²) in [6, 6.07) is 0. The molecule has 3 nitrogen and oxygen atoms in total. The van der Waals surface area contributed by atoms with Crippen LogP contribution >= 0.6 is 34.8 Å². The first kappa shape index (κ1) is 15.8. The summed E-state index contributed by atoms with van der Waals surface area (Å²) in [5.41, 5.74) is 0. The largest absolute Gasteiger partial charge is 0.286 e. The fraction of sp³-hybridized carbons (Fsp3) is 1.00. The van der Waals surface area contributed by atoms with Gasteiger partial charge in [0.1, 0.15) is 0 Å². The molecule has 1 N–H and O–H groups in total. The van der Waals surface area contributed by atoms with Crippen molar-refractivity contribution in [3.63, 3.8) is 0 Å². The predicted molar refractivity (Wildman–Crippen MR) is 64.4 cm³/mol. The van der Waals surface area contributed by atoms with Gasteiger partial charge in [-0.05, 0) is 19.3 Å². The van der Waals surface area contributed by atoms with Crippen molar-refractivity contribution in [2.45, 2.75) is 42.3 Å². The summed E-state index contributed by atoms with van der Waals surface area (Å²) < 4.78 is 28.0. The lowest BCUT2D eigenvalue weighted by atomic mass is 10.1. The maximum atomic E-state index is 10.4. The normalized spacial score (nSPS) is 13.1. The van der Waals surface area contributed by atoms with Crippen LogP contribution in [-0.4, -0.2) is 22.5 Å². The molecule has 0 aliphatic carbocycles. The fourth-order valence-electron chi connectivity index (χ4n) is 1.14. The lowest BCUT2D eigenvalue weighted by Crippen LogP contribution is -2.03. The van der Waals surface area contributed by atoms with E-state index in [2.05, 4.69) is 0 Å². The highest BCUT2D eigenvalue weighted by atomic mass is 35.6. The number of alkyl halides is 3. The molecule has 0 aromatic rings. The van der Waals surface area contributed by atoms with Crippen LogP contribution in [0.2, 0.25) is 0 Å². The third-order valence-electron chi connectivity index (χ3n) is 1.86. The molecule has 0 rings (SSSR count). The third kappa shape index (κ3) is 14.8. The van der Waals surface area contributed by atoms with Gasteiger partial charge in [0, 0.05) is 0 Å². The Morgan fingerprint density at radius 2 is 1.40 bits per heavy atom. The molecule has 0 atom stereocenters. The molecule has 0 spiro atoms. The predicted octanol–water partition coefficient (Wildman–Crippen LogP) is 3.59. The molecule has 0 fully saturated rings. The summed E-state index contributed by atoms with van der Waals surface area (Å²) in [4.78, 5) is 0. The molecule has 0 radical (unpaired) electrons. The van der Waals surface area contributed by atoms with Gasteiger partial charge in [0.05, 0.1) is 5.75 Å². The quantitative estimate of drug-likeness (QED) is 0.444. The van der Waals surface area contributed by atoms with E-state index in [-0.39, 0.29) is 5.75 Å². The first-order chi connectivity index (χ1) is 6.71. The zero-order valence-corrected chi connectivity index (χ0v) is 11.3. The fourth-order valence-corrected chi connectivity index (χ4v) is 2.11. The lowest BCUT2D eigenvalue weighted by Gasteiger charge is -2.09. The van der Waals surface area contributed by atoms with E-state index in [1.165, 1.54) is 0 Å². The Hall–Kier alpha value is 0.780. The van der Waals surface area contributed by atoms with Crippen LogP contribution in [-0.2, 0) is 10.1 Å². The molecule has 15 heavy (non-hydrogen) atoms. The summed E-state index contributed by atoms with van der Waals surface area (Å²) in [5, 5.41) is 0. The van der Waals surface area contributed by atoms with E-state index >= 15 is 0 Å². The van der Waals surface area contributed by atoms with Crippen molar-refractivity contribution in [2.24, 2.45) is 0 Å². The van der Waals surface area contributed by atoms with Crippen LogP contribution in [0, 0.1) is 0 Å². The van der Waals surface area contributed by atoms with Gasteiger partial charge >= 0.3 is 0 Å². The molecular weight excluding hydrogens is 283 g/mol. The van der Waals surface area contributed by atoms with Gasteiger partial charge in [-0.2, -0.15) is 8.42 Å². The highest BCUT2D eigenvalue weighted by molar-refractivity contribution is 7.85. The van der Waals surface area contributed by atoms with Crippen molar-refractivity contribution in [2.75, 3.05) is 5.75 Å². The zero-order chi connectivity index (χ0) is 11.9. The number of halogens is 3. The van der Waals surface area contributed by atoms with E-state index in [0.717, 1.165) is 25.7 Å². The molecule has 7 heteroatoms. The second-order valence-corrected chi connectivity index (χ2v) is 7.51. The van der Waals surface area contributed by atoms with Crippen LogP contribution in [0.5, 0.6) is 0 Å². The number of hydrogen-bond acceptors (Lipinski definition) is 2. The van der Waals surface area contributed by atoms with E-state index in [9.17, 15) is 8.42 Å². The smallest absolute Gasteiger partial charge is 0.264 e. The van der Waals surface area contributed by atoms with Gasteiger partial charge in [0.15, 0.2) is 3.79 Å². The SMILES string of the molecule is O=S(=O)(O)CCCCCCCC(Cl)(Cl)Cl. The van der Waals surface area contributed by atoms with Crippen molar-refractivity contribution < 1.29 is 13.0 Å². The van der Waals surface area contributed by atoms with Gasteiger partial charge < -0.3 is 0 Å². The van der Waals surface area contributed by atoms with Gasteiger partial charge in [-0.15, -0.1) is 0 Å². The molecule has 92 valence electrons. The number of hydrogen-bond donors (Lipinski definition) is 1. The molecule has 0 amide bonds. The summed E-state index contributed by atoms with van der Waals surface area (Å²) in [7, 11) is -3.80. The van der Waals surface area contributed by atoms with Gasteiger partial charge in [-0.25, -0.2) is 0 Å². The second-order valence-electron chi connectivity index (χ2n) is 3.42. The van der Waals surface area contributed by atoms with Crippen LogP contribution in [0.3, 0.4) is 0 Å². The molecule has 0 saturated heterocycles. The topological polar surface area (TPSA) is 54.4 Å². The maximum absolute atomic E-state index is 10.4. The van der Waals surface area contributed by atoms with Crippen LogP contribution in [0.4, 0.5) is 0 Å². The zero-order valence-electron chi connectivity index (χ0n) is 8.26. The Kier molecular flexibility index (Phi) is 7.55. The maximum Gasteiger partial charge on any atom is 0.264 e. The van der Waals surface area contributed by atoms with Crippen molar-refractivity contribution in [3.05, 3.63) is 0 Å². The van der Waals surface area contributed by atoms with E-state index in [0.29, 0.717) is 12.8 Å². The van der Waals surface area contributed by atoms with E-state index < -0.39 is 13.9 Å². The van der Waals surface area contributed by atoms with Crippen molar-refractivity contribution >= 4 is 44.9 Å². The molecule has 0 aliphatic heterocycles. The Balaban J connectivity index is 3.27. The Morgan fingerprint density at radius 3 is 1.87 bits per heavy atom. The summed E-state index contributed by atoms with van der Waals surface area (Å²) in [6.07, 6.45) is 4.35. The minimum absolute atomic E-state index is 0.169. The molecule has 0 aromatic carbocycles. The van der Waals surface area contributed by atoms with Crippen molar-refractivity contribution in [1.29, 1.82) is 0 Å². The van der Waals surface area contributed by atoms with E-state index in [1.807, 2.05) is 0 Å². The molecule has 0 bridgehead atoms. The average Bonchev–Trinajstić information content (AvgIpc) is 1.98. The highest BCUT2D eigenvalue weighted by Gasteiger charge is 2.17. The minimum Gasteiger partial charge on any atom is -0.286 e. The van der Waals surface area contributed by atoms with Crippen LogP contribution in [0.25, 0.3) is 0 Å². The second kappa shape index (κ2) is 7.17. The number of rotatable bonds is 7. The van der Waals surface area contributed by atoms with Crippen molar-refractivity contribution in [3.8, 4) is 0 Å². The van der Waals surface area contributed by atoms with Gasteiger partial charge in [-0.1, -0.05) is 54.1 Å². The van der Waals surface area contributed by atoms with Crippen LogP contribution < -0.4 is 0 Å². The summed E-state index contributed by atoms with van der Waals surface area (Å²) >= 11 is 16.7. The molecular formula is C8H15Cl3O3S. The van der Waals surface area contributed by atoms with Crippen molar-refractivity contribution in [1.82, 2.24) is 0 Å². The van der Waals surface area contributed by atoms with Gasteiger partial charge in [0.25, 0.3) is 10.1 Å². The first-order valence-corrected chi connectivity index (χ1v) is 7.47. The molecule has 0 unspecified atom stereocenters. The lowest BCUT2D eigenvalue weighted by molar-refractivity contribution is 0.478. The Morgan fingerprint density at radius 1 is 0.933 bits per heavy atom. The highest BCUT2D eigenvalue weighted by Crippen LogP contribution is 2.32. The van der Waals surface area contributed by atoms with Gasteiger partial charge in [0.2, 0.25) is 0 Å². The van der Waals surface area contributed by atoms with E-state index in [1.54, 1.807) is 0 Å². The van der Waals surface area contributed by atoms with Gasteiger partial charge in [-0.3, -0.25) is 4.55 Å². The molecule has 0 aliphatic rings. The van der Waals surface area contributed by atoms with E-state index in [4.69, 9.17) is 39.4 Å². The average molecular weight is 298 g/mol. The van der Waals surface area contributed by atoms with Crippen LogP contribution in [0.1, 0.15) is 38.5 Å². The molecule has 0 aromatic heterocycles.